The number of amides is 3. The largest absolute Gasteiger partial charge is 0.497 e. The molecule has 8 nitrogen and oxygen atoms in total. The first kappa shape index (κ1) is 23.0. The van der Waals surface area contributed by atoms with Crippen LogP contribution in [-0.4, -0.2) is 35.9 Å². The lowest BCUT2D eigenvalue weighted by molar-refractivity contribution is -0.130. The lowest BCUT2D eigenvalue weighted by atomic mass is 9.76. The van der Waals surface area contributed by atoms with Gasteiger partial charge in [-0.1, -0.05) is 48.0 Å². The SMILES string of the molecule is COc1cccc(N2C(=O)[C@@H]3[C@H](Cc4c[nH]c5ccccc45)N[C@]4(C(=O)Nc5c(Cl)cccc54)[C@@H]3C2=O)c1. The summed E-state index contributed by atoms with van der Waals surface area (Å²) < 4.78 is 5.34. The predicted molar refractivity (Wildman–Crippen MR) is 143 cm³/mol. The number of fused-ring (bicyclic) bond motifs is 5. The molecule has 7 rings (SSSR count). The van der Waals surface area contributed by atoms with Crippen LogP contribution in [-0.2, 0) is 26.3 Å². The van der Waals surface area contributed by atoms with E-state index in [1.54, 1.807) is 42.5 Å². The molecule has 3 amide bonds. The van der Waals surface area contributed by atoms with E-state index in [0.29, 0.717) is 34.1 Å². The van der Waals surface area contributed by atoms with Crippen molar-refractivity contribution in [3.63, 3.8) is 0 Å². The molecule has 4 atom stereocenters. The summed E-state index contributed by atoms with van der Waals surface area (Å²) in [5.41, 5.74) is 2.02. The number of ether oxygens (including phenoxy) is 1. The van der Waals surface area contributed by atoms with Gasteiger partial charge in [0.15, 0.2) is 0 Å². The highest BCUT2D eigenvalue weighted by atomic mass is 35.5. The summed E-state index contributed by atoms with van der Waals surface area (Å²) in [5.74, 6) is -2.34. The van der Waals surface area contributed by atoms with Crippen LogP contribution in [0.2, 0.25) is 5.02 Å². The van der Waals surface area contributed by atoms with E-state index < -0.39 is 29.3 Å². The number of nitrogens with zero attached hydrogens (tertiary/aromatic N) is 1. The molecule has 1 aromatic heterocycles. The van der Waals surface area contributed by atoms with Crippen molar-refractivity contribution in [1.82, 2.24) is 10.3 Å². The van der Waals surface area contributed by atoms with E-state index in [1.807, 2.05) is 30.5 Å². The van der Waals surface area contributed by atoms with E-state index in [2.05, 4.69) is 15.6 Å². The molecule has 3 aliphatic rings. The minimum atomic E-state index is -1.43. The van der Waals surface area contributed by atoms with E-state index in [9.17, 15) is 14.4 Å². The number of aromatic nitrogens is 1. The fourth-order valence-corrected chi connectivity index (χ4v) is 6.73. The van der Waals surface area contributed by atoms with E-state index in [0.717, 1.165) is 16.5 Å². The second-order valence-electron chi connectivity index (χ2n) is 9.96. The summed E-state index contributed by atoms with van der Waals surface area (Å²) in [5, 5.41) is 7.79. The van der Waals surface area contributed by atoms with Crippen LogP contribution < -0.4 is 20.3 Å². The molecule has 0 radical (unpaired) electrons. The average molecular weight is 527 g/mol. The average Bonchev–Trinajstić information content (AvgIpc) is 3.64. The number of hydrogen-bond donors (Lipinski definition) is 3. The topological polar surface area (TPSA) is 104 Å². The van der Waals surface area contributed by atoms with Gasteiger partial charge in [-0.3, -0.25) is 19.7 Å². The Balaban J connectivity index is 1.38. The molecule has 4 aromatic rings. The van der Waals surface area contributed by atoms with Gasteiger partial charge in [-0.2, -0.15) is 0 Å². The van der Waals surface area contributed by atoms with Crippen LogP contribution in [0.5, 0.6) is 5.75 Å². The fourth-order valence-electron chi connectivity index (χ4n) is 6.51. The number of para-hydroxylation sites is 2. The number of halogens is 1. The summed E-state index contributed by atoms with van der Waals surface area (Å²) in [6, 6.07) is 19.5. The van der Waals surface area contributed by atoms with Gasteiger partial charge in [-0.15, -0.1) is 0 Å². The van der Waals surface area contributed by atoms with Crippen molar-refractivity contribution >= 4 is 51.6 Å². The van der Waals surface area contributed by atoms with Crippen LogP contribution in [0, 0.1) is 11.8 Å². The normalized spacial score (nSPS) is 25.8. The number of imide groups is 1. The van der Waals surface area contributed by atoms with Gasteiger partial charge in [0.1, 0.15) is 11.3 Å². The standard InChI is InChI=1S/C29H23ClN4O4/c1-38-17-7-4-6-16(13-17)34-26(35)23-22(12-15-14-31-21-11-3-2-8-18(15)21)33-29(24(23)27(34)36)19-9-5-10-20(30)25(19)32-28(29)37/h2-11,13-14,22-24,31,33H,12H2,1H3,(H,32,37)/t22-,23+,24-,29-/m0/s1. The third-order valence-electron chi connectivity index (χ3n) is 8.13. The Morgan fingerprint density at radius 3 is 2.66 bits per heavy atom. The van der Waals surface area contributed by atoms with Crippen LogP contribution in [0.4, 0.5) is 11.4 Å². The number of carbonyl (C=O) groups excluding carboxylic acids is 3. The Morgan fingerprint density at radius 1 is 1.00 bits per heavy atom. The molecule has 3 aliphatic heterocycles. The zero-order chi connectivity index (χ0) is 26.2. The lowest BCUT2D eigenvalue weighted by Gasteiger charge is -2.29. The van der Waals surface area contributed by atoms with Crippen molar-refractivity contribution in [3.8, 4) is 5.75 Å². The van der Waals surface area contributed by atoms with Gasteiger partial charge >= 0.3 is 0 Å². The maximum absolute atomic E-state index is 14.2. The molecule has 0 unspecified atom stereocenters. The van der Waals surface area contributed by atoms with Crippen molar-refractivity contribution in [2.75, 3.05) is 17.3 Å². The number of methoxy groups -OCH3 is 1. The van der Waals surface area contributed by atoms with Gasteiger partial charge < -0.3 is 15.0 Å². The number of benzene rings is 3. The minimum absolute atomic E-state index is 0.342. The smallest absolute Gasteiger partial charge is 0.250 e. The van der Waals surface area contributed by atoms with Crippen LogP contribution >= 0.6 is 11.6 Å². The Kier molecular flexibility index (Phi) is 4.95. The molecule has 0 bridgehead atoms. The molecule has 3 N–H and O–H groups in total. The first-order valence-electron chi connectivity index (χ1n) is 12.4. The summed E-state index contributed by atoms with van der Waals surface area (Å²) in [6.45, 7) is 0. The third kappa shape index (κ3) is 2.98. The van der Waals surface area contributed by atoms with Gasteiger partial charge in [-0.05, 0) is 36.2 Å². The molecular formula is C29H23ClN4O4. The molecule has 9 heteroatoms. The molecule has 2 fully saturated rings. The molecule has 2 saturated heterocycles. The highest BCUT2D eigenvalue weighted by Crippen LogP contribution is 2.55. The number of carbonyl (C=O) groups is 3. The number of H-pyrrole nitrogens is 1. The summed E-state index contributed by atoms with van der Waals surface area (Å²) in [6.07, 6.45) is 2.37. The first-order chi connectivity index (χ1) is 18.4. The number of nitrogens with one attached hydrogen (secondary N) is 3. The number of anilines is 2. The summed E-state index contributed by atoms with van der Waals surface area (Å²) in [7, 11) is 1.53. The molecule has 190 valence electrons. The van der Waals surface area contributed by atoms with Crippen LogP contribution in [0.25, 0.3) is 10.9 Å². The van der Waals surface area contributed by atoms with Gasteiger partial charge in [0.25, 0.3) is 0 Å². The van der Waals surface area contributed by atoms with Crippen molar-refractivity contribution < 1.29 is 19.1 Å². The third-order valence-corrected chi connectivity index (χ3v) is 8.44. The molecule has 4 heterocycles. The maximum Gasteiger partial charge on any atom is 0.250 e. The molecule has 3 aromatic carbocycles. The number of aromatic amines is 1. The zero-order valence-electron chi connectivity index (χ0n) is 20.3. The number of hydrogen-bond acceptors (Lipinski definition) is 5. The van der Waals surface area contributed by atoms with Gasteiger partial charge in [-0.25, -0.2) is 4.90 Å². The highest BCUT2D eigenvalue weighted by Gasteiger charge is 2.70. The van der Waals surface area contributed by atoms with Crippen LogP contribution in [0.3, 0.4) is 0 Å². The van der Waals surface area contributed by atoms with Crippen molar-refractivity contribution in [2.45, 2.75) is 18.0 Å². The lowest BCUT2D eigenvalue weighted by Crippen LogP contribution is -2.53. The van der Waals surface area contributed by atoms with Gasteiger partial charge in [0, 0.05) is 34.8 Å². The fraction of sp³-hybridized carbons (Fsp3) is 0.207. The monoisotopic (exact) mass is 526 g/mol. The van der Waals surface area contributed by atoms with Gasteiger partial charge in [0.05, 0.1) is 35.3 Å². The second-order valence-corrected chi connectivity index (χ2v) is 10.4. The molecule has 0 aliphatic carbocycles. The predicted octanol–water partition coefficient (Wildman–Crippen LogP) is 4.00. The molecule has 0 saturated carbocycles. The van der Waals surface area contributed by atoms with E-state index in [1.165, 1.54) is 12.0 Å². The molecular weight excluding hydrogens is 504 g/mol. The van der Waals surface area contributed by atoms with E-state index >= 15 is 0 Å². The number of rotatable bonds is 4. The quantitative estimate of drug-likeness (QED) is 0.349. The molecule has 38 heavy (non-hydrogen) atoms. The molecule has 1 spiro atoms. The first-order valence-corrected chi connectivity index (χ1v) is 12.8. The van der Waals surface area contributed by atoms with Crippen molar-refractivity contribution in [3.05, 3.63) is 89.1 Å². The van der Waals surface area contributed by atoms with E-state index in [4.69, 9.17) is 16.3 Å². The summed E-state index contributed by atoms with van der Waals surface area (Å²) in [4.78, 5) is 46.5. The Bertz CT molecular complexity index is 1670. The van der Waals surface area contributed by atoms with E-state index in [-0.39, 0.29) is 11.8 Å². The summed E-state index contributed by atoms with van der Waals surface area (Å²) >= 11 is 6.46. The van der Waals surface area contributed by atoms with Crippen molar-refractivity contribution in [2.24, 2.45) is 11.8 Å². The van der Waals surface area contributed by atoms with Gasteiger partial charge in [0.2, 0.25) is 17.7 Å². The minimum Gasteiger partial charge on any atom is -0.497 e. The Hall–Kier alpha value is -4.14. The zero-order valence-corrected chi connectivity index (χ0v) is 21.1. The van der Waals surface area contributed by atoms with Crippen molar-refractivity contribution in [1.29, 1.82) is 0 Å². The van der Waals surface area contributed by atoms with Crippen LogP contribution in [0.15, 0.2) is 72.9 Å². The Morgan fingerprint density at radius 2 is 1.82 bits per heavy atom. The maximum atomic E-state index is 14.2. The Labute approximate surface area is 222 Å². The van der Waals surface area contributed by atoms with Crippen LogP contribution in [0.1, 0.15) is 11.1 Å². The second kappa shape index (κ2) is 8.18. The highest BCUT2D eigenvalue weighted by molar-refractivity contribution is 6.35.